The molecule has 2 aromatic rings. The van der Waals surface area contributed by atoms with Crippen molar-refractivity contribution >= 4 is 29.0 Å². The average Bonchev–Trinajstić information content (AvgIpc) is 2.42. The summed E-state index contributed by atoms with van der Waals surface area (Å²) in [5.74, 6) is -0.214. The summed E-state index contributed by atoms with van der Waals surface area (Å²) < 4.78 is 18.9. The van der Waals surface area contributed by atoms with E-state index in [4.69, 9.17) is 27.9 Å². The van der Waals surface area contributed by atoms with Crippen LogP contribution in [-0.2, 0) is 0 Å². The van der Waals surface area contributed by atoms with Crippen molar-refractivity contribution in [3.8, 4) is 5.75 Å². The van der Waals surface area contributed by atoms with Crippen molar-refractivity contribution in [2.24, 2.45) is 0 Å². The third kappa shape index (κ3) is 2.39. The number of fused-ring (bicyclic) bond motifs is 1. The Bertz CT molecular complexity index is 700. The predicted octanol–water partition coefficient (Wildman–Crippen LogP) is 4.84. The second-order valence-electron chi connectivity index (χ2n) is 4.55. The Morgan fingerprint density at radius 3 is 2.65 bits per heavy atom. The Balaban J connectivity index is 1.97. The van der Waals surface area contributed by atoms with E-state index in [1.165, 1.54) is 18.2 Å². The Labute approximate surface area is 125 Å². The van der Waals surface area contributed by atoms with Gasteiger partial charge in [-0.05, 0) is 35.9 Å². The van der Waals surface area contributed by atoms with E-state index in [0.717, 1.165) is 5.56 Å². The van der Waals surface area contributed by atoms with E-state index in [9.17, 15) is 9.18 Å². The molecule has 0 fully saturated rings. The van der Waals surface area contributed by atoms with Gasteiger partial charge in [0.2, 0.25) is 0 Å². The van der Waals surface area contributed by atoms with Crippen LogP contribution in [-0.4, -0.2) is 5.78 Å². The van der Waals surface area contributed by atoms with Crippen molar-refractivity contribution < 1.29 is 13.9 Å². The molecule has 1 aliphatic heterocycles. The first-order valence-electron chi connectivity index (χ1n) is 5.99. The molecule has 2 nitrogen and oxygen atoms in total. The fourth-order valence-corrected chi connectivity index (χ4v) is 2.50. The summed E-state index contributed by atoms with van der Waals surface area (Å²) in [5.41, 5.74) is 1.05. The molecule has 0 bridgehead atoms. The zero-order chi connectivity index (χ0) is 14.3. The number of carbonyl (C=O) groups excluding carboxylic acids is 1. The number of halogens is 3. The topological polar surface area (TPSA) is 26.3 Å². The molecule has 1 heterocycles. The smallest absolute Gasteiger partial charge is 0.170 e. The SMILES string of the molecule is O=C1CC(c2ccc(Cl)c(Cl)c2)Oc2ccc(F)cc21. The van der Waals surface area contributed by atoms with Crippen LogP contribution in [0.25, 0.3) is 0 Å². The predicted molar refractivity (Wildman–Crippen MR) is 75.2 cm³/mol. The van der Waals surface area contributed by atoms with E-state index in [2.05, 4.69) is 0 Å². The lowest BCUT2D eigenvalue weighted by Gasteiger charge is -2.25. The Morgan fingerprint density at radius 2 is 1.90 bits per heavy atom. The highest BCUT2D eigenvalue weighted by Crippen LogP contribution is 2.36. The number of ketones is 1. The van der Waals surface area contributed by atoms with Gasteiger partial charge in [-0.1, -0.05) is 29.3 Å². The van der Waals surface area contributed by atoms with Gasteiger partial charge in [0.1, 0.15) is 17.7 Å². The molecule has 1 atom stereocenters. The van der Waals surface area contributed by atoms with Crippen LogP contribution in [0.4, 0.5) is 4.39 Å². The summed E-state index contributed by atoms with van der Waals surface area (Å²) in [4.78, 5) is 12.1. The van der Waals surface area contributed by atoms with Gasteiger partial charge >= 0.3 is 0 Å². The number of hydrogen-bond acceptors (Lipinski definition) is 2. The number of Topliss-reactive ketones (excluding diaryl/α,β-unsaturated/α-hetero) is 1. The third-order valence-electron chi connectivity index (χ3n) is 3.20. The molecule has 0 aromatic heterocycles. The van der Waals surface area contributed by atoms with Crippen molar-refractivity contribution in [2.45, 2.75) is 12.5 Å². The molecular formula is C15H9Cl2FO2. The fourth-order valence-electron chi connectivity index (χ4n) is 2.19. The van der Waals surface area contributed by atoms with Crippen molar-refractivity contribution in [3.63, 3.8) is 0 Å². The molecule has 0 N–H and O–H groups in total. The lowest BCUT2D eigenvalue weighted by atomic mass is 9.96. The maximum atomic E-state index is 13.1. The van der Waals surface area contributed by atoms with E-state index in [1.807, 2.05) is 0 Å². The van der Waals surface area contributed by atoms with E-state index in [0.29, 0.717) is 15.8 Å². The molecule has 0 radical (unpaired) electrons. The van der Waals surface area contributed by atoms with Gasteiger partial charge in [0.25, 0.3) is 0 Å². The summed E-state index contributed by atoms with van der Waals surface area (Å²) in [7, 11) is 0. The van der Waals surface area contributed by atoms with Gasteiger partial charge < -0.3 is 4.74 Å². The van der Waals surface area contributed by atoms with Crippen LogP contribution in [0.15, 0.2) is 36.4 Å². The van der Waals surface area contributed by atoms with Gasteiger partial charge in [-0.3, -0.25) is 4.79 Å². The molecular weight excluding hydrogens is 302 g/mol. The second-order valence-corrected chi connectivity index (χ2v) is 5.36. The molecule has 1 unspecified atom stereocenters. The highest BCUT2D eigenvalue weighted by Gasteiger charge is 2.28. The Hall–Kier alpha value is -1.58. The number of hydrogen-bond donors (Lipinski definition) is 0. The van der Waals surface area contributed by atoms with Gasteiger partial charge in [0.15, 0.2) is 5.78 Å². The number of rotatable bonds is 1. The minimum atomic E-state index is -0.450. The van der Waals surface area contributed by atoms with E-state index in [1.54, 1.807) is 18.2 Å². The van der Waals surface area contributed by atoms with Crippen molar-refractivity contribution in [1.29, 1.82) is 0 Å². The summed E-state index contributed by atoms with van der Waals surface area (Å²) in [6, 6.07) is 9.03. The Morgan fingerprint density at radius 1 is 1.10 bits per heavy atom. The zero-order valence-corrected chi connectivity index (χ0v) is 11.7. The molecule has 0 aliphatic carbocycles. The number of ether oxygens (including phenoxy) is 1. The first kappa shape index (κ1) is 13.4. The van der Waals surface area contributed by atoms with Crippen LogP contribution in [0.1, 0.15) is 28.4 Å². The molecule has 102 valence electrons. The molecule has 1 aliphatic rings. The van der Waals surface area contributed by atoms with E-state index < -0.39 is 11.9 Å². The quantitative estimate of drug-likeness (QED) is 0.753. The minimum Gasteiger partial charge on any atom is -0.484 e. The van der Waals surface area contributed by atoms with Crippen LogP contribution in [0.5, 0.6) is 5.75 Å². The van der Waals surface area contributed by atoms with Crippen molar-refractivity contribution in [1.82, 2.24) is 0 Å². The van der Waals surface area contributed by atoms with Crippen LogP contribution in [0.2, 0.25) is 10.0 Å². The van der Waals surface area contributed by atoms with E-state index in [-0.39, 0.29) is 17.8 Å². The Kier molecular flexibility index (Phi) is 3.40. The highest BCUT2D eigenvalue weighted by molar-refractivity contribution is 6.42. The first-order chi connectivity index (χ1) is 9.54. The standard InChI is InChI=1S/C15H9Cl2FO2/c16-11-3-1-8(5-12(11)17)15-7-13(19)10-6-9(18)2-4-14(10)20-15/h1-6,15H,7H2. The van der Waals surface area contributed by atoms with Crippen LogP contribution in [0, 0.1) is 5.82 Å². The minimum absolute atomic E-state index is 0.147. The molecule has 0 saturated heterocycles. The van der Waals surface area contributed by atoms with Crippen LogP contribution >= 0.6 is 23.2 Å². The zero-order valence-electron chi connectivity index (χ0n) is 10.2. The van der Waals surface area contributed by atoms with Crippen molar-refractivity contribution in [3.05, 3.63) is 63.4 Å². The molecule has 0 spiro atoms. The second kappa shape index (κ2) is 5.08. The van der Waals surface area contributed by atoms with Crippen molar-refractivity contribution in [2.75, 3.05) is 0 Å². The largest absolute Gasteiger partial charge is 0.484 e. The molecule has 0 amide bonds. The molecule has 2 aromatic carbocycles. The molecule has 20 heavy (non-hydrogen) atoms. The third-order valence-corrected chi connectivity index (χ3v) is 3.94. The van der Waals surface area contributed by atoms with Gasteiger partial charge in [-0.25, -0.2) is 4.39 Å². The fraction of sp³-hybridized carbons (Fsp3) is 0.133. The molecule has 3 rings (SSSR count). The number of benzene rings is 2. The summed E-state index contributed by atoms with van der Waals surface area (Å²) in [6.07, 6.45) is -0.288. The average molecular weight is 311 g/mol. The van der Waals surface area contributed by atoms with Crippen LogP contribution < -0.4 is 4.74 Å². The maximum absolute atomic E-state index is 13.1. The lowest BCUT2D eigenvalue weighted by Crippen LogP contribution is -2.20. The number of carbonyl (C=O) groups is 1. The monoisotopic (exact) mass is 310 g/mol. The normalized spacial score (nSPS) is 17.6. The van der Waals surface area contributed by atoms with Gasteiger partial charge in [0, 0.05) is 0 Å². The lowest BCUT2D eigenvalue weighted by molar-refractivity contribution is 0.0849. The van der Waals surface area contributed by atoms with E-state index >= 15 is 0 Å². The molecule has 0 saturated carbocycles. The highest BCUT2D eigenvalue weighted by atomic mass is 35.5. The summed E-state index contributed by atoms with van der Waals surface area (Å²) in [6.45, 7) is 0. The molecule has 5 heteroatoms. The van der Waals surface area contributed by atoms with Gasteiger partial charge in [-0.2, -0.15) is 0 Å². The summed E-state index contributed by atoms with van der Waals surface area (Å²) in [5, 5.41) is 0.852. The first-order valence-corrected chi connectivity index (χ1v) is 6.74. The summed E-state index contributed by atoms with van der Waals surface area (Å²) >= 11 is 11.8. The maximum Gasteiger partial charge on any atom is 0.170 e. The van der Waals surface area contributed by atoms with Crippen LogP contribution in [0.3, 0.4) is 0 Å². The van der Waals surface area contributed by atoms with Gasteiger partial charge in [0.05, 0.1) is 22.0 Å². The van der Waals surface area contributed by atoms with Gasteiger partial charge in [-0.15, -0.1) is 0 Å².